The number of likely N-dealkylation sites (N-methyl/N-ethyl adjacent to an activating group) is 1. The molecule has 0 saturated carbocycles. The van der Waals surface area contributed by atoms with E-state index in [2.05, 4.69) is 0 Å². The summed E-state index contributed by atoms with van der Waals surface area (Å²) < 4.78 is 5.43. The number of carbonyl (C=O) groups is 2. The van der Waals surface area contributed by atoms with Crippen molar-refractivity contribution in [3.63, 3.8) is 0 Å². The maximum Gasteiger partial charge on any atom is 0.317 e. The SMILES string of the molecule is CCOc1ccc(CCC(=O)N2CCC(N(CC)CC(=O)O)CC2)cc1. The fourth-order valence-electron chi connectivity index (χ4n) is 3.48. The first kappa shape index (κ1) is 20.2. The van der Waals surface area contributed by atoms with E-state index in [0.717, 1.165) is 37.1 Å². The van der Waals surface area contributed by atoms with E-state index < -0.39 is 5.97 Å². The summed E-state index contributed by atoms with van der Waals surface area (Å²) in [6.45, 7) is 6.81. The number of benzene rings is 1. The summed E-state index contributed by atoms with van der Waals surface area (Å²) in [4.78, 5) is 27.3. The number of piperidine rings is 1. The van der Waals surface area contributed by atoms with Gasteiger partial charge in [-0.2, -0.15) is 0 Å². The van der Waals surface area contributed by atoms with E-state index >= 15 is 0 Å². The molecule has 1 heterocycles. The number of likely N-dealkylation sites (tertiary alicyclic amines) is 1. The van der Waals surface area contributed by atoms with Crippen LogP contribution in [0.1, 0.15) is 38.7 Å². The molecule has 1 aliphatic heterocycles. The molecule has 0 unspecified atom stereocenters. The summed E-state index contributed by atoms with van der Waals surface area (Å²) in [5.74, 6) is 0.241. The lowest BCUT2D eigenvalue weighted by Gasteiger charge is -2.37. The summed E-state index contributed by atoms with van der Waals surface area (Å²) in [6.07, 6.45) is 2.92. The molecule has 1 aromatic carbocycles. The molecule has 0 radical (unpaired) electrons. The molecule has 6 heteroatoms. The molecule has 1 amide bonds. The Kier molecular flexibility index (Phi) is 7.91. The van der Waals surface area contributed by atoms with Gasteiger partial charge in [0.25, 0.3) is 0 Å². The van der Waals surface area contributed by atoms with Crippen molar-refractivity contribution in [3.05, 3.63) is 29.8 Å². The average molecular weight is 362 g/mol. The van der Waals surface area contributed by atoms with Crippen LogP contribution in [0.15, 0.2) is 24.3 Å². The number of aliphatic carboxylic acids is 1. The third-order valence-electron chi connectivity index (χ3n) is 4.94. The Morgan fingerprint density at radius 3 is 2.38 bits per heavy atom. The summed E-state index contributed by atoms with van der Waals surface area (Å²) in [5, 5.41) is 9.00. The minimum Gasteiger partial charge on any atom is -0.494 e. The summed E-state index contributed by atoms with van der Waals surface area (Å²) in [6, 6.07) is 8.16. The van der Waals surface area contributed by atoms with Crippen LogP contribution in [0.2, 0.25) is 0 Å². The van der Waals surface area contributed by atoms with Crippen LogP contribution < -0.4 is 4.74 Å². The number of hydrogen-bond donors (Lipinski definition) is 1. The Balaban J connectivity index is 1.76. The van der Waals surface area contributed by atoms with Crippen LogP contribution in [0.3, 0.4) is 0 Å². The second-order valence-electron chi connectivity index (χ2n) is 6.65. The Labute approximate surface area is 155 Å². The zero-order chi connectivity index (χ0) is 18.9. The molecule has 1 N–H and O–H groups in total. The van der Waals surface area contributed by atoms with E-state index in [9.17, 15) is 9.59 Å². The lowest BCUT2D eigenvalue weighted by molar-refractivity contribution is -0.140. The molecule has 144 valence electrons. The van der Waals surface area contributed by atoms with E-state index in [4.69, 9.17) is 9.84 Å². The van der Waals surface area contributed by atoms with E-state index in [0.29, 0.717) is 26.1 Å². The van der Waals surface area contributed by atoms with Gasteiger partial charge in [0.15, 0.2) is 0 Å². The van der Waals surface area contributed by atoms with E-state index in [1.165, 1.54) is 0 Å². The van der Waals surface area contributed by atoms with Crippen molar-refractivity contribution in [2.24, 2.45) is 0 Å². The third kappa shape index (κ3) is 6.02. The van der Waals surface area contributed by atoms with Gasteiger partial charge in [-0.3, -0.25) is 14.5 Å². The quantitative estimate of drug-likeness (QED) is 0.730. The molecule has 1 aliphatic rings. The minimum atomic E-state index is -0.791. The highest BCUT2D eigenvalue weighted by molar-refractivity contribution is 5.76. The van der Waals surface area contributed by atoms with Gasteiger partial charge in [-0.1, -0.05) is 19.1 Å². The van der Waals surface area contributed by atoms with Gasteiger partial charge in [0, 0.05) is 25.6 Å². The van der Waals surface area contributed by atoms with Crippen molar-refractivity contribution in [1.82, 2.24) is 9.80 Å². The smallest absolute Gasteiger partial charge is 0.317 e. The first-order valence-electron chi connectivity index (χ1n) is 9.48. The van der Waals surface area contributed by atoms with Crippen LogP contribution in [0.25, 0.3) is 0 Å². The molecular weight excluding hydrogens is 332 g/mol. The number of carboxylic acid groups (broad SMARTS) is 1. The van der Waals surface area contributed by atoms with Gasteiger partial charge in [-0.05, 0) is 50.4 Å². The molecule has 26 heavy (non-hydrogen) atoms. The van der Waals surface area contributed by atoms with Crippen LogP contribution in [0.4, 0.5) is 0 Å². The van der Waals surface area contributed by atoms with Gasteiger partial charge >= 0.3 is 5.97 Å². The third-order valence-corrected chi connectivity index (χ3v) is 4.94. The second-order valence-corrected chi connectivity index (χ2v) is 6.65. The number of amides is 1. The lowest BCUT2D eigenvalue weighted by Crippen LogP contribution is -2.48. The van der Waals surface area contributed by atoms with Crippen LogP contribution in [-0.2, 0) is 16.0 Å². The molecule has 1 saturated heterocycles. The van der Waals surface area contributed by atoms with Crippen molar-refractivity contribution in [1.29, 1.82) is 0 Å². The molecule has 0 atom stereocenters. The number of aryl methyl sites for hydroxylation is 1. The average Bonchev–Trinajstić information content (AvgIpc) is 2.65. The monoisotopic (exact) mass is 362 g/mol. The van der Waals surface area contributed by atoms with Crippen LogP contribution >= 0.6 is 0 Å². The van der Waals surface area contributed by atoms with Gasteiger partial charge < -0.3 is 14.7 Å². The van der Waals surface area contributed by atoms with Crippen LogP contribution in [-0.4, -0.2) is 65.6 Å². The van der Waals surface area contributed by atoms with Crippen molar-refractivity contribution < 1.29 is 19.4 Å². The van der Waals surface area contributed by atoms with Gasteiger partial charge in [0.2, 0.25) is 5.91 Å². The Morgan fingerprint density at radius 1 is 1.19 bits per heavy atom. The Morgan fingerprint density at radius 2 is 1.85 bits per heavy atom. The number of carbonyl (C=O) groups excluding carboxylic acids is 1. The lowest BCUT2D eigenvalue weighted by atomic mass is 10.0. The molecule has 0 spiro atoms. The summed E-state index contributed by atoms with van der Waals surface area (Å²) >= 11 is 0. The Hall–Kier alpha value is -2.08. The highest BCUT2D eigenvalue weighted by Crippen LogP contribution is 2.18. The van der Waals surface area contributed by atoms with Crippen molar-refractivity contribution in [2.45, 2.75) is 45.6 Å². The predicted octanol–water partition coefficient (Wildman–Crippen LogP) is 2.42. The van der Waals surface area contributed by atoms with Crippen LogP contribution in [0.5, 0.6) is 5.75 Å². The number of rotatable bonds is 9. The Bertz CT molecular complexity index is 580. The molecule has 0 aromatic heterocycles. The number of hydrogen-bond acceptors (Lipinski definition) is 4. The molecule has 1 fully saturated rings. The normalized spacial score (nSPS) is 15.3. The fourth-order valence-corrected chi connectivity index (χ4v) is 3.48. The number of ether oxygens (including phenoxy) is 1. The first-order chi connectivity index (χ1) is 12.5. The number of nitrogens with zero attached hydrogens (tertiary/aromatic N) is 2. The topological polar surface area (TPSA) is 70.1 Å². The zero-order valence-corrected chi connectivity index (χ0v) is 15.8. The molecular formula is C20H30N2O4. The van der Waals surface area contributed by atoms with Gasteiger partial charge in [0.05, 0.1) is 13.2 Å². The van der Waals surface area contributed by atoms with Crippen molar-refractivity contribution in [2.75, 3.05) is 32.8 Å². The minimum absolute atomic E-state index is 0.0762. The molecule has 1 aromatic rings. The largest absolute Gasteiger partial charge is 0.494 e. The van der Waals surface area contributed by atoms with Crippen molar-refractivity contribution >= 4 is 11.9 Å². The maximum absolute atomic E-state index is 12.5. The van der Waals surface area contributed by atoms with Gasteiger partial charge in [-0.25, -0.2) is 0 Å². The second kappa shape index (κ2) is 10.2. The fraction of sp³-hybridized carbons (Fsp3) is 0.600. The zero-order valence-electron chi connectivity index (χ0n) is 15.8. The standard InChI is InChI=1S/C20H30N2O4/c1-3-21(15-20(24)25)17-11-13-22(14-12-17)19(23)10-7-16-5-8-18(9-6-16)26-4-2/h5-6,8-9,17H,3-4,7,10-15H2,1-2H3,(H,24,25). The van der Waals surface area contributed by atoms with Gasteiger partial charge in [-0.15, -0.1) is 0 Å². The first-order valence-corrected chi connectivity index (χ1v) is 9.48. The maximum atomic E-state index is 12.5. The van der Waals surface area contributed by atoms with E-state index in [1.54, 1.807) is 0 Å². The molecule has 6 nitrogen and oxygen atoms in total. The predicted molar refractivity (Wildman–Crippen MR) is 100 cm³/mol. The van der Waals surface area contributed by atoms with E-state index in [1.807, 2.05) is 47.9 Å². The highest BCUT2D eigenvalue weighted by Gasteiger charge is 2.26. The van der Waals surface area contributed by atoms with E-state index in [-0.39, 0.29) is 18.5 Å². The molecule has 0 aliphatic carbocycles. The summed E-state index contributed by atoms with van der Waals surface area (Å²) in [5.41, 5.74) is 1.13. The van der Waals surface area contributed by atoms with Crippen LogP contribution in [0, 0.1) is 0 Å². The number of carboxylic acids is 1. The molecule has 2 rings (SSSR count). The summed E-state index contributed by atoms with van der Waals surface area (Å²) in [7, 11) is 0. The highest BCUT2D eigenvalue weighted by atomic mass is 16.5. The molecule has 0 bridgehead atoms. The van der Waals surface area contributed by atoms with Gasteiger partial charge in [0.1, 0.15) is 5.75 Å². The van der Waals surface area contributed by atoms with Crippen molar-refractivity contribution in [3.8, 4) is 5.75 Å².